The van der Waals surface area contributed by atoms with Gasteiger partial charge in [-0.15, -0.1) is 0 Å². The van der Waals surface area contributed by atoms with E-state index in [9.17, 15) is 45.0 Å². The Morgan fingerprint density at radius 1 is 0.814 bits per heavy atom. The summed E-state index contributed by atoms with van der Waals surface area (Å²) in [4.78, 5) is 43.2. The van der Waals surface area contributed by atoms with Gasteiger partial charge in [0.05, 0.1) is 60.5 Å². The lowest BCUT2D eigenvalue weighted by Gasteiger charge is -2.48. The standard InChI is InChI=1S/C42H55NO16/c1-8-42(52)16-28(33-21(35(42)41(51)53-7)13-23-34(38(33)50)37(49)32-22(36(23)48)11-20(44)12-26(32)46)57-30-14-24(43(5)6)39(18(3)55-30)59-31-15-27(47)40(19(4)56-31)58-29-10-9-25(45)17(2)54-29/h11-13,17-19,24-25,27-31,35,39-40,44-47,50,52H,8-10,14-16H2,1-7H3/t17?,18?,19?,24?,25?,27?,28-,29?,30?,31?,35-,39?,40?,42+/m0/s1. The molecule has 0 aromatic heterocycles. The minimum absolute atomic E-state index is 0.0171. The lowest BCUT2D eigenvalue weighted by Crippen LogP contribution is -2.58. The van der Waals surface area contributed by atoms with Gasteiger partial charge in [-0.05, 0) is 65.4 Å². The molecular weight excluding hydrogens is 774 g/mol. The summed E-state index contributed by atoms with van der Waals surface area (Å²) in [6.45, 7) is 7.02. The lowest BCUT2D eigenvalue weighted by molar-refractivity contribution is -0.328. The number of esters is 1. The third kappa shape index (κ3) is 7.86. The van der Waals surface area contributed by atoms with E-state index in [1.165, 1.54) is 6.07 Å². The molecule has 0 amide bonds. The molecule has 2 aromatic rings. The zero-order valence-electron chi connectivity index (χ0n) is 34.2. The highest BCUT2D eigenvalue weighted by Crippen LogP contribution is 2.54. The second-order valence-electron chi connectivity index (χ2n) is 16.7. The molecule has 3 heterocycles. The van der Waals surface area contributed by atoms with Crippen molar-refractivity contribution in [3.8, 4) is 17.2 Å². The van der Waals surface area contributed by atoms with Crippen LogP contribution in [-0.4, -0.2) is 148 Å². The SMILES string of the molecule is CC[C@@]1(O)C[C@H](OC2CC(N(C)C)C(OC3CC(O)C(OC4CCC(O)C(C)O4)C(C)O3)C(C)O2)c2c(cc3c(c2O)C(=O)c2c(O)cc(O)cc2C3=O)[C@H]1C(=O)OC. The summed E-state index contributed by atoms with van der Waals surface area (Å²) in [6.07, 6.45) is -6.82. The smallest absolute Gasteiger partial charge is 0.316 e. The largest absolute Gasteiger partial charge is 0.508 e. The van der Waals surface area contributed by atoms with Crippen molar-refractivity contribution in [2.24, 2.45) is 0 Å². The van der Waals surface area contributed by atoms with E-state index in [-0.39, 0.29) is 54.0 Å². The molecule has 0 radical (unpaired) electrons. The van der Waals surface area contributed by atoms with Crippen LogP contribution in [0.15, 0.2) is 18.2 Å². The molecule has 17 heteroatoms. The summed E-state index contributed by atoms with van der Waals surface area (Å²) in [5.41, 5.74) is -3.20. The maximum atomic E-state index is 13.9. The number of rotatable bonds is 9. The van der Waals surface area contributed by atoms with Crippen LogP contribution in [0, 0.1) is 0 Å². The molecule has 2 aliphatic carbocycles. The number of fused-ring (bicyclic) bond motifs is 3. The molecular formula is C42H55NO16. The van der Waals surface area contributed by atoms with Crippen molar-refractivity contribution >= 4 is 17.5 Å². The van der Waals surface area contributed by atoms with Crippen molar-refractivity contribution in [3.05, 3.63) is 51.6 Å². The van der Waals surface area contributed by atoms with Gasteiger partial charge in [-0.3, -0.25) is 14.4 Å². The highest BCUT2D eigenvalue weighted by Gasteiger charge is 2.54. The molecule has 0 bridgehead atoms. The van der Waals surface area contributed by atoms with E-state index in [0.717, 1.165) is 19.2 Å². The first-order valence-electron chi connectivity index (χ1n) is 20.2. The number of benzene rings is 2. The van der Waals surface area contributed by atoms with Gasteiger partial charge in [0.25, 0.3) is 0 Å². The van der Waals surface area contributed by atoms with Crippen LogP contribution in [0.1, 0.15) is 121 Å². The van der Waals surface area contributed by atoms with Crippen LogP contribution in [0.4, 0.5) is 0 Å². The normalized spacial score (nSPS) is 37.1. The van der Waals surface area contributed by atoms with E-state index in [2.05, 4.69) is 0 Å². The summed E-state index contributed by atoms with van der Waals surface area (Å²) in [5, 5.41) is 66.1. The van der Waals surface area contributed by atoms with Gasteiger partial charge in [0, 0.05) is 54.5 Å². The average molecular weight is 830 g/mol. The second-order valence-corrected chi connectivity index (χ2v) is 16.7. The number of ether oxygens (including phenoxy) is 7. The molecule has 14 atom stereocenters. The number of aliphatic hydroxyl groups excluding tert-OH is 2. The summed E-state index contributed by atoms with van der Waals surface area (Å²) < 4.78 is 42.7. The Hall–Kier alpha value is -3.75. The van der Waals surface area contributed by atoms with Crippen LogP contribution in [0.2, 0.25) is 0 Å². The molecule has 324 valence electrons. The molecule has 3 fully saturated rings. The van der Waals surface area contributed by atoms with Crippen LogP contribution < -0.4 is 0 Å². The van der Waals surface area contributed by atoms with Gasteiger partial charge in [-0.25, -0.2) is 0 Å². The van der Waals surface area contributed by atoms with Gasteiger partial charge in [0.1, 0.15) is 35.4 Å². The number of aliphatic hydroxyl groups is 3. The van der Waals surface area contributed by atoms with Gasteiger partial charge in [0.2, 0.25) is 5.78 Å². The van der Waals surface area contributed by atoms with E-state index in [1.807, 2.05) is 19.0 Å². The van der Waals surface area contributed by atoms with Gasteiger partial charge in [-0.2, -0.15) is 0 Å². The number of ketones is 2. The van der Waals surface area contributed by atoms with Crippen molar-refractivity contribution in [2.75, 3.05) is 21.2 Å². The van der Waals surface area contributed by atoms with Gasteiger partial charge in [-0.1, -0.05) is 6.92 Å². The zero-order chi connectivity index (χ0) is 42.8. The van der Waals surface area contributed by atoms with Crippen molar-refractivity contribution in [1.82, 2.24) is 4.90 Å². The van der Waals surface area contributed by atoms with Crippen LogP contribution in [0.25, 0.3) is 0 Å². The Balaban J connectivity index is 1.14. The molecule has 7 rings (SSSR count). The first-order chi connectivity index (χ1) is 27.9. The molecule has 0 spiro atoms. The summed E-state index contributed by atoms with van der Waals surface area (Å²) in [7, 11) is 4.88. The number of hydrogen-bond donors (Lipinski definition) is 6. The fraction of sp³-hybridized carbons (Fsp3) is 0.643. The van der Waals surface area contributed by atoms with Gasteiger partial charge >= 0.3 is 5.97 Å². The van der Waals surface area contributed by atoms with Crippen molar-refractivity contribution in [2.45, 2.75) is 151 Å². The number of carbonyl (C=O) groups is 3. The van der Waals surface area contributed by atoms with Crippen molar-refractivity contribution in [3.63, 3.8) is 0 Å². The Bertz CT molecular complexity index is 1940. The minimum atomic E-state index is -1.80. The molecule has 2 aromatic carbocycles. The van der Waals surface area contributed by atoms with Crippen molar-refractivity contribution in [1.29, 1.82) is 0 Å². The Morgan fingerprint density at radius 3 is 2.07 bits per heavy atom. The predicted molar refractivity (Wildman–Crippen MR) is 204 cm³/mol. The fourth-order valence-corrected chi connectivity index (χ4v) is 9.44. The highest BCUT2D eigenvalue weighted by molar-refractivity contribution is 6.30. The molecule has 11 unspecified atom stereocenters. The molecule has 17 nitrogen and oxygen atoms in total. The molecule has 6 N–H and O–H groups in total. The average Bonchev–Trinajstić information content (AvgIpc) is 3.16. The summed E-state index contributed by atoms with van der Waals surface area (Å²) >= 11 is 0. The number of aromatic hydroxyl groups is 3. The van der Waals surface area contributed by atoms with Gasteiger partial charge < -0.3 is 68.7 Å². The Morgan fingerprint density at radius 2 is 1.44 bits per heavy atom. The van der Waals surface area contributed by atoms with E-state index in [0.29, 0.717) is 12.8 Å². The number of nitrogens with zero attached hydrogens (tertiary/aromatic N) is 1. The van der Waals surface area contributed by atoms with Crippen LogP contribution in [0.5, 0.6) is 17.2 Å². The first-order valence-corrected chi connectivity index (χ1v) is 20.2. The topological polar surface area (TPSA) is 240 Å². The van der Waals surface area contributed by atoms with Crippen LogP contribution in [0.3, 0.4) is 0 Å². The summed E-state index contributed by atoms with van der Waals surface area (Å²) in [6, 6.07) is 2.88. The number of methoxy groups -OCH3 is 1. The third-order valence-electron chi connectivity index (χ3n) is 12.7. The van der Waals surface area contributed by atoms with E-state index >= 15 is 0 Å². The first kappa shape index (κ1) is 43.3. The summed E-state index contributed by atoms with van der Waals surface area (Å²) in [5.74, 6) is -5.69. The quantitative estimate of drug-likeness (QED) is 0.170. The number of hydrogen-bond acceptors (Lipinski definition) is 17. The monoisotopic (exact) mass is 829 g/mol. The maximum Gasteiger partial charge on any atom is 0.316 e. The highest BCUT2D eigenvalue weighted by atomic mass is 16.7. The third-order valence-corrected chi connectivity index (χ3v) is 12.7. The zero-order valence-corrected chi connectivity index (χ0v) is 34.2. The van der Waals surface area contributed by atoms with E-state index < -0.39 is 125 Å². The second kappa shape index (κ2) is 16.6. The molecule has 5 aliphatic rings. The Kier molecular flexibility index (Phi) is 12.2. The van der Waals surface area contributed by atoms with Crippen LogP contribution in [-0.2, 0) is 38.0 Å². The van der Waals surface area contributed by atoms with Crippen LogP contribution >= 0.6 is 0 Å². The number of likely N-dealkylation sites (N-methyl/N-ethyl adjacent to an activating group) is 1. The minimum Gasteiger partial charge on any atom is -0.508 e. The van der Waals surface area contributed by atoms with Crippen molar-refractivity contribution < 1.29 is 78.2 Å². The number of phenols is 3. The number of carbonyl (C=O) groups excluding carboxylic acids is 3. The Labute approximate surface area is 341 Å². The van der Waals surface area contributed by atoms with Gasteiger partial charge in [0.15, 0.2) is 24.7 Å². The number of phenolic OH excluding ortho intramolecular Hbond substituents is 3. The predicted octanol–water partition coefficient (Wildman–Crippen LogP) is 2.66. The lowest BCUT2D eigenvalue weighted by atomic mass is 9.67. The van der Waals surface area contributed by atoms with E-state index in [1.54, 1.807) is 27.7 Å². The maximum absolute atomic E-state index is 13.9. The molecule has 0 saturated carbocycles. The van der Waals surface area contributed by atoms with E-state index in [4.69, 9.17) is 33.2 Å². The molecule has 59 heavy (non-hydrogen) atoms. The fourth-order valence-electron chi connectivity index (χ4n) is 9.44. The molecule has 3 saturated heterocycles. The molecule has 3 aliphatic heterocycles.